The maximum atomic E-state index is 12.3. The summed E-state index contributed by atoms with van der Waals surface area (Å²) in [5.41, 5.74) is 0.841. The van der Waals surface area contributed by atoms with E-state index in [1.807, 2.05) is 12.1 Å². The van der Waals surface area contributed by atoms with Crippen molar-refractivity contribution in [2.24, 2.45) is 0 Å². The third-order valence-corrected chi connectivity index (χ3v) is 5.57. The highest BCUT2D eigenvalue weighted by atomic mass is 35.5. The van der Waals surface area contributed by atoms with Crippen LogP contribution in [0.25, 0.3) is 0 Å². The SMILES string of the molecule is COc1cccc(CCNS(=O)(=O)c2ccc(Cl)c(Cl)c2)c1OC. The Morgan fingerprint density at radius 1 is 1.04 bits per heavy atom. The Hall–Kier alpha value is -1.47. The summed E-state index contributed by atoms with van der Waals surface area (Å²) in [4.78, 5) is 0.0644. The second-order valence-corrected chi connectivity index (χ2v) is 7.46. The van der Waals surface area contributed by atoms with Crippen LogP contribution in [0.4, 0.5) is 0 Å². The fraction of sp³-hybridized carbons (Fsp3) is 0.250. The molecule has 0 fully saturated rings. The molecule has 0 heterocycles. The Balaban J connectivity index is 2.10. The lowest BCUT2D eigenvalue weighted by molar-refractivity contribution is 0.351. The summed E-state index contributed by atoms with van der Waals surface area (Å²) in [6.45, 7) is 0.201. The highest BCUT2D eigenvalue weighted by Gasteiger charge is 2.16. The lowest BCUT2D eigenvalue weighted by Gasteiger charge is -2.13. The molecule has 130 valence electrons. The first kappa shape index (κ1) is 18.9. The van der Waals surface area contributed by atoms with Gasteiger partial charge in [-0.05, 0) is 36.2 Å². The van der Waals surface area contributed by atoms with Crippen molar-refractivity contribution in [1.82, 2.24) is 4.72 Å². The number of benzene rings is 2. The molecule has 0 unspecified atom stereocenters. The highest BCUT2D eigenvalue weighted by Crippen LogP contribution is 2.31. The maximum absolute atomic E-state index is 12.3. The molecular formula is C16H17Cl2NO4S. The third-order valence-electron chi connectivity index (χ3n) is 3.37. The minimum Gasteiger partial charge on any atom is -0.493 e. The minimum absolute atomic E-state index is 0.0644. The van der Waals surface area contributed by atoms with Crippen LogP contribution in [-0.4, -0.2) is 29.2 Å². The number of ether oxygens (including phenoxy) is 2. The smallest absolute Gasteiger partial charge is 0.240 e. The van der Waals surface area contributed by atoms with Gasteiger partial charge in [0.05, 0.1) is 29.2 Å². The van der Waals surface area contributed by atoms with E-state index in [9.17, 15) is 8.42 Å². The predicted octanol–water partition coefficient (Wildman–Crippen LogP) is 3.53. The summed E-state index contributed by atoms with van der Waals surface area (Å²) >= 11 is 11.7. The molecule has 0 spiro atoms. The van der Waals surface area contributed by atoms with Gasteiger partial charge >= 0.3 is 0 Å². The fourth-order valence-electron chi connectivity index (χ4n) is 2.20. The summed E-state index contributed by atoms with van der Waals surface area (Å²) in [5.74, 6) is 1.19. The van der Waals surface area contributed by atoms with Crippen molar-refractivity contribution >= 4 is 33.2 Å². The zero-order valence-corrected chi connectivity index (χ0v) is 15.5. The Labute approximate surface area is 151 Å². The summed E-state index contributed by atoms with van der Waals surface area (Å²) < 4.78 is 37.7. The first-order chi connectivity index (χ1) is 11.4. The molecule has 0 aliphatic rings. The Morgan fingerprint density at radius 3 is 2.42 bits per heavy atom. The van der Waals surface area contributed by atoms with Gasteiger partial charge in [-0.3, -0.25) is 0 Å². The fourth-order valence-corrected chi connectivity index (χ4v) is 3.62. The van der Waals surface area contributed by atoms with E-state index in [1.165, 1.54) is 18.2 Å². The van der Waals surface area contributed by atoms with E-state index >= 15 is 0 Å². The molecule has 0 bridgehead atoms. The van der Waals surface area contributed by atoms with E-state index < -0.39 is 10.0 Å². The second-order valence-electron chi connectivity index (χ2n) is 4.88. The van der Waals surface area contributed by atoms with Crippen molar-refractivity contribution in [2.45, 2.75) is 11.3 Å². The summed E-state index contributed by atoms with van der Waals surface area (Å²) in [6.07, 6.45) is 0.445. The molecular weight excluding hydrogens is 373 g/mol. The van der Waals surface area contributed by atoms with Crippen LogP contribution in [0.1, 0.15) is 5.56 Å². The zero-order chi connectivity index (χ0) is 17.7. The molecule has 2 rings (SSSR count). The Morgan fingerprint density at radius 2 is 1.79 bits per heavy atom. The third kappa shape index (κ3) is 4.33. The largest absolute Gasteiger partial charge is 0.493 e. The molecule has 0 aliphatic heterocycles. The number of para-hydroxylation sites is 1. The number of hydrogen-bond donors (Lipinski definition) is 1. The lowest BCUT2D eigenvalue weighted by atomic mass is 10.1. The van der Waals surface area contributed by atoms with Crippen molar-refractivity contribution in [2.75, 3.05) is 20.8 Å². The molecule has 0 saturated heterocycles. The average Bonchev–Trinajstić information content (AvgIpc) is 2.56. The van der Waals surface area contributed by atoms with Crippen molar-refractivity contribution in [3.05, 3.63) is 52.0 Å². The van der Waals surface area contributed by atoms with Crippen molar-refractivity contribution < 1.29 is 17.9 Å². The van der Waals surface area contributed by atoms with Gasteiger partial charge in [-0.2, -0.15) is 0 Å². The molecule has 24 heavy (non-hydrogen) atoms. The molecule has 2 aromatic carbocycles. The molecule has 2 aromatic rings. The number of rotatable bonds is 7. The molecule has 5 nitrogen and oxygen atoms in total. The van der Waals surface area contributed by atoms with E-state index in [4.69, 9.17) is 32.7 Å². The van der Waals surface area contributed by atoms with Crippen molar-refractivity contribution in [3.63, 3.8) is 0 Å². The number of methoxy groups -OCH3 is 2. The number of hydrogen-bond acceptors (Lipinski definition) is 4. The maximum Gasteiger partial charge on any atom is 0.240 e. The molecule has 0 aliphatic carbocycles. The molecule has 0 atom stereocenters. The zero-order valence-electron chi connectivity index (χ0n) is 13.2. The van der Waals surface area contributed by atoms with Gasteiger partial charge in [0.1, 0.15) is 0 Å². The topological polar surface area (TPSA) is 64.6 Å². The van der Waals surface area contributed by atoms with Gasteiger partial charge in [0.2, 0.25) is 10.0 Å². The van der Waals surface area contributed by atoms with Gasteiger partial charge in [-0.1, -0.05) is 35.3 Å². The monoisotopic (exact) mass is 389 g/mol. The normalized spacial score (nSPS) is 11.3. The van der Waals surface area contributed by atoms with Crippen LogP contribution < -0.4 is 14.2 Å². The quantitative estimate of drug-likeness (QED) is 0.786. The van der Waals surface area contributed by atoms with Crippen LogP contribution in [-0.2, 0) is 16.4 Å². The highest BCUT2D eigenvalue weighted by molar-refractivity contribution is 7.89. The van der Waals surface area contributed by atoms with Crippen LogP contribution in [0, 0.1) is 0 Å². The first-order valence-corrected chi connectivity index (χ1v) is 9.27. The average molecular weight is 390 g/mol. The van der Waals surface area contributed by atoms with Gasteiger partial charge in [-0.15, -0.1) is 0 Å². The molecule has 8 heteroatoms. The summed E-state index contributed by atoms with van der Waals surface area (Å²) in [5, 5.41) is 0.491. The van der Waals surface area contributed by atoms with Gasteiger partial charge < -0.3 is 9.47 Å². The second kappa shape index (κ2) is 8.07. The number of nitrogens with one attached hydrogen (secondary N) is 1. The molecule has 0 amide bonds. The minimum atomic E-state index is -3.67. The number of halogens is 2. The van der Waals surface area contributed by atoms with Crippen molar-refractivity contribution in [1.29, 1.82) is 0 Å². The van der Waals surface area contributed by atoms with Crippen LogP contribution in [0.3, 0.4) is 0 Å². The Bertz CT molecular complexity index is 825. The van der Waals surface area contributed by atoms with E-state index in [0.717, 1.165) is 5.56 Å². The van der Waals surface area contributed by atoms with Crippen LogP contribution in [0.15, 0.2) is 41.3 Å². The van der Waals surface area contributed by atoms with Gasteiger partial charge in [0.25, 0.3) is 0 Å². The first-order valence-electron chi connectivity index (χ1n) is 7.03. The van der Waals surface area contributed by atoms with Gasteiger partial charge in [0.15, 0.2) is 11.5 Å². The van der Waals surface area contributed by atoms with Gasteiger partial charge in [0, 0.05) is 6.54 Å². The van der Waals surface area contributed by atoms with Crippen LogP contribution in [0.5, 0.6) is 11.5 Å². The lowest BCUT2D eigenvalue weighted by Crippen LogP contribution is -2.26. The van der Waals surface area contributed by atoms with E-state index in [-0.39, 0.29) is 16.5 Å². The summed E-state index contributed by atoms with van der Waals surface area (Å²) in [6, 6.07) is 9.63. The van der Waals surface area contributed by atoms with Crippen molar-refractivity contribution in [3.8, 4) is 11.5 Å². The predicted molar refractivity (Wildman–Crippen MR) is 94.9 cm³/mol. The Kier molecular flexibility index (Phi) is 6.34. The van der Waals surface area contributed by atoms with E-state index in [1.54, 1.807) is 20.3 Å². The molecule has 0 radical (unpaired) electrons. The molecule has 0 aromatic heterocycles. The standard InChI is InChI=1S/C16H17Cl2NO4S/c1-22-15-5-3-4-11(16(15)23-2)8-9-19-24(20,21)12-6-7-13(17)14(18)10-12/h3-7,10,19H,8-9H2,1-2H3. The van der Waals surface area contributed by atoms with Crippen LogP contribution >= 0.6 is 23.2 Å². The van der Waals surface area contributed by atoms with Crippen LogP contribution in [0.2, 0.25) is 10.0 Å². The summed E-state index contributed by atoms with van der Waals surface area (Å²) in [7, 11) is -0.577. The molecule has 1 N–H and O–H groups in total. The van der Waals surface area contributed by atoms with E-state index in [2.05, 4.69) is 4.72 Å². The number of sulfonamides is 1. The molecule has 0 saturated carbocycles. The van der Waals surface area contributed by atoms with E-state index in [0.29, 0.717) is 22.9 Å². The van der Waals surface area contributed by atoms with Gasteiger partial charge in [-0.25, -0.2) is 13.1 Å².